The third kappa shape index (κ3) is 4.86. The second-order valence-electron chi connectivity index (χ2n) is 6.80. The number of carbonyl (C=O) groups excluding carboxylic acids is 1. The van der Waals surface area contributed by atoms with Gasteiger partial charge in [0, 0.05) is 24.3 Å². The van der Waals surface area contributed by atoms with Crippen molar-refractivity contribution >= 4 is 17.5 Å². The van der Waals surface area contributed by atoms with Gasteiger partial charge in [0.15, 0.2) is 0 Å². The second kappa shape index (κ2) is 9.54. The van der Waals surface area contributed by atoms with Gasteiger partial charge in [-0.25, -0.2) is 13.8 Å². The normalized spacial score (nSPS) is 10.8. The minimum atomic E-state index is -0.730. The van der Waals surface area contributed by atoms with Crippen molar-refractivity contribution in [2.24, 2.45) is 0 Å². The van der Waals surface area contributed by atoms with Crippen LogP contribution in [0.2, 0.25) is 5.02 Å². The molecule has 0 atom stereocenters. The molecule has 1 aromatic heterocycles. The van der Waals surface area contributed by atoms with Crippen LogP contribution in [0.1, 0.15) is 35.7 Å². The third-order valence-electron chi connectivity index (χ3n) is 4.59. The lowest BCUT2D eigenvalue weighted by atomic mass is 10.2. The number of halogens is 2. The predicted octanol–water partition coefficient (Wildman–Crippen LogP) is 3.52. The summed E-state index contributed by atoms with van der Waals surface area (Å²) in [6.45, 7) is 2.46. The van der Waals surface area contributed by atoms with Crippen LogP contribution in [-0.4, -0.2) is 15.0 Å². The van der Waals surface area contributed by atoms with E-state index in [0.29, 0.717) is 23.6 Å². The number of benzene rings is 2. The predicted molar refractivity (Wildman–Crippen MR) is 114 cm³/mol. The van der Waals surface area contributed by atoms with E-state index in [1.807, 2.05) is 6.92 Å². The fourth-order valence-electron chi connectivity index (χ4n) is 2.97. The van der Waals surface area contributed by atoms with Gasteiger partial charge in [-0.05, 0) is 42.3 Å². The lowest BCUT2D eigenvalue weighted by Gasteiger charge is -2.13. The average Bonchev–Trinajstić information content (AvgIpc) is 2.73. The Bertz CT molecular complexity index is 1170. The van der Waals surface area contributed by atoms with E-state index in [2.05, 4.69) is 5.32 Å². The molecule has 30 heavy (non-hydrogen) atoms. The van der Waals surface area contributed by atoms with Crippen molar-refractivity contribution < 1.29 is 9.18 Å². The zero-order chi connectivity index (χ0) is 21.7. The molecule has 8 heteroatoms. The maximum Gasteiger partial charge on any atom is 0.335 e. The highest BCUT2D eigenvalue weighted by atomic mass is 35.5. The second-order valence-corrected chi connectivity index (χ2v) is 7.24. The van der Waals surface area contributed by atoms with Crippen LogP contribution in [0.4, 0.5) is 4.39 Å². The fraction of sp³-hybridized carbons (Fsp3) is 0.227. The van der Waals surface area contributed by atoms with Crippen LogP contribution in [0.3, 0.4) is 0 Å². The van der Waals surface area contributed by atoms with E-state index in [0.717, 1.165) is 11.0 Å². The number of aromatic nitrogens is 2. The molecule has 2 aromatic carbocycles. The van der Waals surface area contributed by atoms with E-state index in [1.165, 1.54) is 29.0 Å². The largest absolute Gasteiger partial charge is 0.348 e. The Labute approximate surface area is 177 Å². The highest BCUT2D eigenvalue weighted by molar-refractivity contribution is 6.30. The fourth-order valence-corrected chi connectivity index (χ4v) is 3.15. The van der Waals surface area contributed by atoms with Gasteiger partial charge in [-0.2, -0.15) is 0 Å². The van der Waals surface area contributed by atoms with Crippen molar-refractivity contribution in [2.45, 2.75) is 32.9 Å². The van der Waals surface area contributed by atoms with Crippen LogP contribution < -0.4 is 16.6 Å². The summed E-state index contributed by atoms with van der Waals surface area (Å²) < 4.78 is 15.4. The van der Waals surface area contributed by atoms with Crippen molar-refractivity contribution in [3.63, 3.8) is 0 Å². The molecule has 0 aliphatic carbocycles. The van der Waals surface area contributed by atoms with Gasteiger partial charge in [0.05, 0.1) is 5.69 Å². The smallest absolute Gasteiger partial charge is 0.335 e. The van der Waals surface area contributed by atoms with Crippen LogP contribution in [0.25, 0.3) is 5.69 Å². The summed E-state index contributed by atoms with van der Waals surface area (Å²) in [5.41, 5.74) is -0.458. The van der Waals surface area contributed by atoms with E-state index >= 15 is 0 Å². The van der Waals surface area contributed by atoms with Gasteiger partial charge in [0.1, 0.15) is 11.4 Å². The number of nitrogens with one attached hydrogen (secondary N) is 1. The van der Waals surface area contributed by atoms with Crippen LogP contribution in [0.5, 0.6) is 0 Å². The van der Waals surface area contributed by atoms with Crippen molar-refractivity contribution in [3.05, 3.63) is 97.5 Å². The summed E-state index contributed by atoms with van der Waals surface area (Å²) in [7, 11) is 0. The number of aryl methyl sites for hydroxylation is 1. The molecular weight excluding hydrogens is 409 g/mol. The SMILES string of the molecule is CCCCn1cc(C(=O)NCc2ccc(F)cc2)c(=O)n(-c2cccc(Cl)c2)c1=O. The maximum absolute atomic E-state index is 13.0. The highest BCUT2D eigenvalue weighted by Gasteiger charge is 2.18. The molecule has 0 radical (unpaired) electrons. The van der Waals surface area contributed by atoms with Gasteiger partial charge >= 0.3 is 5.69 Å². The Kier molecular flexibility index (Phi) is 6.84. The molecule has 3 rings (SSSR count). The maximum atomic E-state index is 13.0. The minimum absolute atomic E-state index is 0.115. The first kappa shape index (κ1) is 21.5. The molecule has 1 N–H and O–H groups in total. The van der Waals surface area contributed by atoms with Crippen LogP contribution in [-0.2, 0) is 13.1 Å². The molecule has 0 fully saturated rings. The quantitative estimate of drug-likeness (QED) is 0.624. The third-order valence-corrected chi connectivity index (χ3v) is 4.82. The Morgan fingerprint density at radius 3 is 2.53 bits per heavy atom. The molecule has 1 amide bonds. The number of rotatable bonds is 7. The van der Waals surface area contributed by atoms with Crippen molar-refractivity contribution in [2.75, 3.05) is 0 Å². The molecule has 0 unspecified atom stereocenters. The number of carbonyl (C=O) groups is 1. The molecule has 3 aromatic rings. The van der Waals surface area contributed by atoms with Gasteiger partial charge < -0.3 is 5.32 Å². The van der Waals surface area contributed by atoms with E-state index < -0.39 is 17.2 Å². The van der Waals surface area contributed by atoms with E-state index in [-0.39, 0.29) is 23.6 Å². The summed E-state index contributed by atoms with van der Waals surface area (Å²) >= 11 is 6.02. The highest BCUT2D eigenvalue weighted by Crippen LogP contribution is 2.12. The molecule has 6 nitrogen and oxygen atoms in total. The number of nitrogens with zero attached hydrogens (tertiary/aromatic N) is 2. The average molecular weight is 430 g/mol. The minimum Gasteiger partial charge on any atom is -0.348 e. The molecule has 0 saturated carbocycles. The molecule has 0 bridgehead atoms. The lowest BCUT2D eigenvalue weighted by molar-refractivity contribution is 0.0948. The monoisotopic (exact) mass is 429 g/mol. The summed E-state index contributed by atoms with van der Waals surface area (Å²) in [5, 5.41) is 3.02. The Morgan fingerprint density at radius 2 is 1.87 bits per heavy atom. The number of hydrogen-bond acceptors (Lipinski definition) is 3. The van der Waals surface area contributed by atoms with E-state index in [9.17, 15) is 18.8 Å². The summed E-state index contributed by atoms with van der Waals surface area (Å²) in [4.78, 5) is 38.7. The van der Waals surface area contributed by atoms with Crippen molar-refractivity contribution in [1.29, 1.82) is 0 Å². The lowest BCUT2D eigenvalue weighted by Crippen LogP contribution is -2.43. The van der Waals surface area contributed by atoms with Gasteiger partial charge in [0.2, 0.25) is 0 Å². The molecule has 156 valence electrons. The van der Waals surface area contributed by atoms with Gasteiger partial charge in [-0.1, -0.05) is 43.1 Å². The first-order valence-corrected chi connectivity index (χ1v) is 9.93. The Morgan fingerprint density at radius 1 is 1.13 bits per heavy atom. The standard InChI is InChI=1S/C22H21ClFN3O3/c1-2-3-11-26-14-19(20(28)25-13-15-7-9-17(24)10-8-15)21(29)27(22(26)30)18-6-4-5-16(23)12-18/h4-10,12,14H,2-3,11,13H2,1H3,(H,25,28). The number of unbranched alkanes of at least 4 members (excludes halogenated alkanes) is 1. The molecular formula is C22H21ClFN3O3. The van der Waals surface area contributed by atoms with Crippen LogP contribution >= 0.6 is 11.6 Å². The first-order chi connectivity index (χ1) is 14.4. The molecule has 0 saturated heterocycles. The zero-order valence-corrected chi connectivity index (χ0v) is 17.2. The number of hydrogen-bond donors (Lipinski definition) is 1. The summed E-state index contributed by atoms with van der Waals surface area (Å²) in [6, 6.07) is 12.0. The van der Waals surface area contributed by atoms with Crippen LogP contribution in [0.15, 0.2) is 64.3 Å². The first-order valence-electron chi connectivity index (χ1n) is 9.55. The topological polar surface area (TPSA) is 73.1 Å². The van der Waals surface area contributed by atoms with Crippen molar-refractivity contribution in [3.8, 4) is 5.69 Å². The summed E-state index contributed by atoms with van der Waals surface area (Å²) in [6.07, 6.45) is 2.85. The van der Waals surface area contributed by atoms with Crippen LogP contribution in [0, 0.1) is 5.82 Å². The van der Waals surface area contributed by atoms with Gasteiger partial charge in [-0.3, -0.25) is 14.2 Å². The molecule has 0 aliphatic rings. The zero-order valence-electron chi connectivity index (χ0n) is 16.4. The van der Waals surface area contributed by atoms with E-state index in [4.69, 9.17) is 11.6 Å². The van der Waals surface area contributed by atoms with Crippen molar-refractivity contribution in [1.82, 2.24) is 14.5 Å². The molecule has 0 aliphatic heterocycles. The Hall–Kier alpha value is -3.19. The van der Waals surface area contributed by atoms with Gasteiger partial charge in [-0.15, -0.1) is 0 Å². The molecule has 0 spiro atoms. The molecule has 1 heterocycles. The summed E-state index contributed by atoms with van der Waals surface area (Å²) in [5.74, 6) is -0.997. The number of amides is 1. The van der Waals surface area contributed by atoms with Gasteiger partial charge in [0.25, 0.3) is 11.5 Å². The van der Waals surface area contributed by atoms with E-state index in [1.54, 1.807) is 30.3 Å². The Balaban J connectivity index is 2.01.